The predicted molar refractivity (Wildman–Crippen MR) is 163 cm³/mol. The molecule has 4 aromatic carbocycles. The molecule has 4 aromatic rings. The zero-order valence-corrected chi connectivity index (χ0v) is 24.8. The minimum Gasteiger partial charge on any atom is -0.339 e. The van der Waals surface area contributed by atoms with E-state index in [1.165, 1.54) is 27.6 Å². The number of piperazine rings is 1. The van der Waals surface area contributed by atoms with Crippen molar-refractivity contribution in [2.75, 3.05) is 32.7 Å². The minimum absolute atomic E-state index is 0.0526. The molecule has 9 heteroatoms. The van der Waals surface area contributed by atoms with Crippen molar-refractivity contribution in [3.63, 3.8) is 0 Å². The molecule has 1 saturated heterocycles. The molecule has 1 aliphatic heterocycles. The van der Waals surface area contributed by atoms with Crippen LogP contribution in [0.2, 0.25) is 10.0 Å². The number of hydrogen-bond acceptors (Lipinski definition) is 4. The third kappa shape index (κ3) is 7.00. The van der Waals surface area contributed by atoms with E-state index in [0.29, 0.717) is 41.8 Å². The monoisotopic (exact) mass is 607 g/mol. The first-order chi connectivity index (χ1) is 19.8. The molecule has 0 spiro atoms. The molecule has 0 saturated carbocycles. The van der Waals surface area contributed by atoms with E-state index >= 15 is 0 Å². The van der Waals surface area contributed by atoms with Gasteiger partial charge in [-0.25, -0.2) is 8.42 Å². The number of carbonyl (C=O) groups is 1. The number of amides is 1. The van der Waals surface area contributed by atoms with E-state index in [1.807, 2.05) is 36.4 Å². The molecule has 1 heterocycles. The molecular formula is C32H31Cl2N3O3S. The van der Waals surface area contributed by atoms with Crippen LogP contribution >= 0.6 is 23.2 Å². The van der Waals surface area contributed by atoms with E-state index in [0.717, 1.165) is 0 Å². The van der Waals surface area contributed by atoms with E-state index in [1.54, 1.807) is 41.3 Å². The highest BCUT2D eigenvalue weighted by molar-refractivity contribution is 7.89. The summed E-state index contributed by atoms with van der Waals surface area (Å²) in [5.41, 5.74) is 2.96. The molecule has 5 rings (SSSR count). The van der Waals surface area contributed by atoms with Crippen LogP contribution in [0.15, 0.2) is 114 Å². The highest BCUT2D eigenvalue weighted by Crippen LogP contribution is 2.30. The van der Waals surface area contributed by atoms with Gasteiger partial charge in [0, 0.05) is 42.8 Å². The van der Waals surface area contributed by atoms with Gasteiger partial charge in [-0.3, -0.25) is 9.69 Å². The Kier molecular flexibility index (Phi) is 9.42. The van der Waals surface area contributed by atoms with Gasteiger partial charge in [-0.2, -0.15) is 4.31 Å². The van der Waals surface area contributed by atoms with Gasteiger partial charge >= 0.3 is 0 Å². The maximum absolute atomic E-state index is 13.7. The van der Waals surface area contributed by atoms with Gasteiger partial charge in [0.2, 0.25) is 15.9 Å². The number of hydrogen-bond donors (Lipinski definition) is 0. The number of halogens is 2. The summed E-state index contributed by atoms with van der Waals surface area (Å²) in [6.07, 6.45) is 0. The van der Waals surface area contributed by atoms with Gasteiger partial charge in [0.1, 0.15) is 0 Å². The first kappa shape index (κ1) is 29.3. The second-order valence-corrected chi connectivity index (χ2v) is 12.7. The highest BCUT2D eigenvalue weighted by Gasteiger charge is 2.32. The number of sulfonamides is 1. The van der Waals surface area contributed by atoms with Gasteiger partial charge in [0.05, 0.1) is 17.5 Å². The lowest BCUT2D eigenvalue weighted by Crippen LogP contribution is -2.52. The predicted octanol–water partition coefficient (Wildman–Crippen LogP) is 6.12. The lowest BCUT2D eigenvalue weighted by molar-refractivity contribution is -0.133. The Morgan fingerprint density at radius 2 is 1.29 bits per heavy atom. The topological polar surface area (TPSA) is 60.9 Å². The van der Waals surface area contributed by atoms with Gasteiger partial charge in [-0.05, 0) is 41.0 Å². The van der Waals surface area contributed by atoms with Gasteiger partial charge in [-0.15, -0.1) is 0 Å². The molecule has 212 valence electrons. The fraction of sp³-hybridized carbons (Fsp3) is 0.219. The molecule has 6 nitrogen and oxygen atoms in total. The second kappa shape index (κ2) is 13.2. The van der Waals surface area contributed by atoms with Crippen LogP contribution in [0.1, 0.15) is 22.7 Å². The van der Waals surface area contributed by atoms with Crippen LogP contribution in [0.4, 0.5) is 0 Å². The Bertz CT molecular complexity index is 1520. The van der Waals surface area contributed by atoms with Crippen LogP contribution in [0.25, 0.3) is 0 Å². The zero-order valence-electron chi connectivity index (χ0n) is 22.4. The van der Waals surface area contributed by atoms with Crippen LogP contribution in [-0.2, 0) is 21.4 Å². The maximum atomic E-state index is 13.7. The van der Waals surface area contributed by atoms with Crippen molar-refractivity contribution >= 4 is 39.1 Å². The maximum Gasteiger partial charge on any atom is 0.243 e. The van der Waals surface area contributed by atoms with E-state index in [4.69, 9.17) is 23.2 Å². The molecule has 0 bridgehead atoms. The average molecular weight is 609 g/mol. The Balaban J connectivity index is 1.33. The van der Waals surface area contributed by atoms with E-state index < -0.39 is 10.0 Å². The normalized spacial score (nSPS) is 14.5. The lowest BCUT2D eigenvalue weighted by atomic mass is 9.96. The van der Waals surface area contributed by atoms with Crippen LogP contribution in [-0.4, -0.2) is 61.2 Å². The molecule has 0 unspecified atom stereocenters. The quantitative estimate of drug-likeness (QED) is 0.230. The Morgan fingerprint density at radius 3 is 1.83 bits per heavy atom. The average Bonchev–Trinajstić information content (AvgIpc) is 3.00. The van der Waals surface area contributed by atoms with Crippen molar-refractivity contribution in [3.05, 3.63) is 136 Å². The number of rotatable bonds is 9. The summed E-state index contributed by atoms with van der Waals surface area (Å²) in [5, 5.41) is 0.800. The fourth-order valence-electron chi connectivity index (χ4n) is 5.17. The standard InChI is InChI=1S/C32H31Cl2N3O3S/c33-28-17-16-27(30(34)22-28)23-37(41(39,40)29-14-8-3-9-15-29)24-31(38)35-18-20-36(21-19-35)32(25-10-4-1-5-11-25)26-12-6-2-7-13-26/h1-17,22,32H,18-21,23-24H2. The summed E-state index contributed by atoms with van der Waals surface area (Å²) in [6, 6.07) is 33.8. The van der Waals surface area contributed by atoms with Gasteiger partial charge in [0.15, 0.2) is 0 Å². The van der Waals surface area contributed by atoms with Crippen molar-refractivity contribution in [2.45, 2.75) is 17.5 Å². The Labute approximate surface area is 251 Å². The van der Waals surface area contributed by atoms with Crippen molar-refractivity contribution in [3.8, 4) is 0 Å². The number of carbonyl (C=O) groups excluding carboxylic acids is 1. The van der Waals surface area contributed by atoms with Crippen LogP contribution in [0.3, 0.4) is 0 Å². The smallest absolute Gasteiger partial charge is 0.243 e. The minimum atomic E-state index is -3.97. The third-order valence-electron chi connectivity index (χ3n) is 7.32. The first-order valence-electron chi connectivity index (χ1n) is 13.4. The summed E-state index contributed by atoms with van der Waals surface area (Å²) in [6.45, 7) is 1.97. The Morgan fingerprint density at radius 1 is 0.756 bits per heavy atom. The molecule has 1 aliphatic rings. The third-order valence-corrected chi connectivity index (χ3v) is 9.71. The molecule has 41 heavy (non-hydrogen) atoms. The van der Waals surface area contributed by atoms with E-state index in [-0.39, 0.29) is 29.9 Å². The molecule has 0 radical (unpaired) electrons. The largest absolute Gasteiger partial charge is 0.339 e. The fourth-order valence-corrected chi connectivity index (χ4v) is 7.03. The molecule has 0 atom stereocenters. The van der Waals surface area contributed by atoms with E-state index in [9.17, 15) is 13.2 Å². The van der Waals surface area contributed by atoms with Crippen LogP contribution in [0, 0.1) is 0 Å². The van der Waals surface area contributed by atoms with Crippen molar-refractivity contribution in [2.24, 2.45) is 0 Å². The SMILES string of the molecule is O=C(CN(Cc1ccc(Cl)cc1Cl)S(=O)(=O)c1ccccc1)N1CCN(C(c2ccccc2)c2ccccc2)CC1. The summed E-state index contributed by atoms with van der Waals surface area (Å²) >= 11 is 12.5. The van der Waals surface area contributed by atoms with Gasteiger partial charge in [0.25, 0.3) is 0 Å². The number of nitrogens with zero attached hydrogens (tertiary/aromatic N) is 3. The van der Waals surface area contributed by atoms with Crippen LogP contribution in [0.5, 0.6) is 0 Å². The molecular weight excluding hydrogens is 577 g/mol. The van der Waals surface area contributed by atoms with Crippen molar-refractivity contribution < 1.29 is 13.2 Å². The summed E-state index contributed by atoms with van der Waals surface area (Å²) in [4.78, 5) is 17.8. The molecule has 0 aromatic heterocycles. The summed E-state index contributed by atoms with van der Waals surface area (Å²) in [7, 11) is -3.97. The zero-order chi connectivity index (χ0) is 28.8. The van der Waals surface area contributed by atoms with Gasteiger partial charge in [-0.1, -0.05) is 108 Å². The lowest BCUT2D eigenvalue weighted by Gasteiger charge is -2.40. The molecule has 1 amide bonds. The second-order valence-electron chi connectivity index (χ2n) is 9.96. The Hall–Kier alpha value is -3.20. The first-order valence-corrected chi connectivity index (χ1v) is 15.6. The molecule has 0 N–H and O–H groups in total. The van der Waals surface area contributed by atoms with E-state index in [2.05, 4.69) is 29.2 Å². The van der Waals surface area contributed by atoms with Crippen molar-refractivity contribution in [1.82, 2.24) is 14.1 Å². The summed E-state index contributed by atoms with van der Waals surface area (Å²) < 4.78 is 28.5. The number of benzene rings is 4. The van der Waals surface area contributed by atoms with Crippen molar-refractivity contribution in [1.29, 1.82) is 0 Å². The van der Waals surface area contributed by atoms with Gasteiger partial charge < -0.3 is 4.90 Å². The molecule has 1 fully saturated rings. The van der Waals surface area contributed by atoms with Crippen LogP contribution < -0.4 is 0 Å². The highest BCUT2D eigenvalue weighted by atomic mass is 35.5. The molecule has 0 aliphatic carbocycles. The summed E-state index contributed by atoms with van der Waals surface area (Å²) in [5.74, 6) is -0.245.